The zero-order chi connectivity index (χ0) is 8.69. The molecule has 2 nitrogen and oxygen atoms in total. The van der Waals surface area contributed by atoms with Crippen LogP contribution in [0.1, 0.15) is 32.6 Å². The average Bonchev–Trinajstić information content (AvgIpc) is 2.03. The molecule has 0 amide bonds. The predicted octanol–water partition coefficient (Wildman–Crippen LogP) is 1.95. The maximum atomic E-state index is 8.94. The summed E-state index contributed by atoms with van der Waals surface area (Å²) >= 11 is 8.29. The Labute approximate surface area is 78.7 Å². The molecule has 0 heterocycles. The fourth-order valence-corrected chi connectivity index (χ4v) is 1.19. The van der Waals surface area contributed by atoms with Crippen LogP contribution >= 0.6 is 12.6 Å². The number of aliphatic carboxylic acids is 1. The average molecular weight is 194 g/mol. The molecule has 0 saturated heterocycles. The van der Waals surface area contributed by atoms with E-state index in [0.29, 0.717) is 0 Å². The Bertz CT molecular complexity index is 126. The molecule has 4 heteroatoms. The quantitative estimate of drug-likeness (QED) is 0.303. The first kappa shape index (κ1) is 11.0. The van der Waals surface area contributed by atoms with Crippen molar-refractivity contribution in [2.75, 3.05) is 0 Å². The van der Waals surface area contributed by atoms with Crippen LogP contribution in [-0.4, -0.2) is 16.3 Å². The normalized spacial score (nSPS) is 14.9. The van der Waals surface area contributed by atoms with Crippen molar-refractivity contribution in [2.45, 2.75) is 37.9 Å². The van der Waals surface area contributed by atoms with E-state index in [-0.39, 0.29) is 11.2 Å². The van der Waals surface area contributed by atoms with Crippen LogP contribution in [0.25, 0.3) is 0 Å². The maximum Gasteiger partial charge on any atom is 0.479 e. The van der Waals surface area contributed by atoms with Crippen molar-refractivity contribution in [1.29, 1.82) is 0 Å². The summed E-state index contributed by atoms with van der Waals surface area (Å²) < 4.78 is 4.22. The number of thiol groups is 1. The molecule has 11 heavy (non-hydrogen) atoms. The van der Waals surface area contributed by atoms with Gasteiger partial charge in [-0.05, 0) is 6.42 Å². The van der Waals surface area contributed by atoms with Crippen molar-refractivity contribution in [3.63, 3.8) is 0 Å². The lowest BCUT2D eigenvalue weighted by Crippen LogP contribution is -2.15. The Morgan fingerprint density at radius 2 is 2.27 bits per heavy atom. The van der Waals surface area contributed by atoms with Crippen molar-refractivity contribution in [3.05, 3.63) is 0 Å². The first-order chi connectivity index (χ1) is 5.22. The van der Waals surface area contributed by atoms with Gasteiger partial charge in [0.15, 0.2) is 5.25 Å². The van der Waals surface area contributed by atoms with Crippen molar-refractivity contribution in [2.24, 2.45) is 0 Å². The number of carboxylic acid groups (broad SMARTS) is 1. The SMILES string of the molecule is CCCCCC(S)C(O)=[O+][S-]. The van der Waals surface area contributed by atoms with Crippen molar-refractivity contribution in [1.82, 2.24) is 0 Å². The molecular weight excluding hydrogens is 180 g/mol. The van der Waals surface area contributed by atoms with Gasteiger partial charge in [0.25, 0.3) is 0 Å². The molecule has 0 aromatic heterocycles. The molecule has 1 unspecified atom stereocenters. The van der Waals surface area contributed by atoms with E-state index in [1.165, 1.54) is 0 Å². The Morgan fingerprint density at radius 3 is 2.73 bits per heavy atom. The first-order valence-corrected chi connectivity index (χ1v) is 4.61. The van der Waals surface area contributed by atoms with Gasteiger partial charge >= 0.3 is 5.97 Å². The van der Waals surface area contributed by atoms with Crippen molar-refractivity contribution in [3.8, 4) is 0 Å². The van der Waals surface area contributed by atoms with Gasteiger partial charge in [0.1, 0.15) is 0 Å². The van der Waals surface area contributed by atoms with E-state index in [4.69, 9.17) is 5.11 Å². The van der Waals surface area contributed by atoms with Gasteiger partial charge < -0.3 is 21.9 Å². The lowest BCUT2D eigenvalue weighted by molar-refractivity contribution is -0.258. The van der Waals surface area contributed by atoms with Crippen LogP contribution in [0.3, 0.4) is 0 Å². The Hall–Kier alpha value is 0.0400. The number of carboxylic acids is 1. The fraction of sp³-hybridized carbons (Fsp3) is 0.857. The van der Waals surface area contributed by atoms with Gasteiger partial charge in [0.05, 0.1) is 0 Å². The van der Waals surface area contributed by atoms with E-state index < -0.39 is 0 Å². The van der Waals surface area contributed by atoms with Crippen LogP contribution in [0.5, 0.6) is 0 Å². The number of rotatable bonds is 5. The fourth-order valence-electron chi connectivity index (χ4n) is 0.767. The molecule has 0 aromatic carbocycles. The predicted molar refractivity (Wildman–Crippen MR) is 51.9 cm³/mol. The molecule has 0 aliphatic heterocycles. The summed E-state index contributed by atoms with van der Waals surface area (Å²) in [5.41, 5.74) is 0. The highest BCUT2D eigenvalue weighted by atomic mass is 32.1. The standard InChI is InChI=1S/C7H14O2S2/c1-2-3-4-5-6(10)7(8)9-11/h6,8,10H,2-5H2,1H3. The first-order valence-electron chi connectivity index (χ1n) is 3.76. The summed E-state index contributed by atoms with van der Waals surface area (Å²) in [6.07, 6.45) is 4.19. The van der Waals surface area contributed by atoms with Crippen LogP contribution in [0.15, 0.2) is 0 Å². The highest BCUT2D eigenvalue weighted by molar-refractivity contribution is 7.81. The van der Waals surface area contributed by atoms with E-state index >= 15 is 0 Å². The van der Waals surface area contributed by atoms with Crippen LogP contribution in [0, 0.1) is 0 Å². The summed E-state index contributed by atoms with van der Waals surface area (Å²) in [6, 6.07) is 0. The second-order valence-electron chi connectivity index (χ2n) is 2.43. The molecule has 0 rings (SSSR count). The van der Waals surface area contributed by atoms with Gasteiger partial charge in [-0.15, -0.1) is 0 Å². The van der Waals surface area contributed by atoms with E-state index in [0.717, 1.165) is 25.7 Å². The zero-order valence-corrected chi connectivity index (χ0v) is 8.33. The Balaban J connectivity index is 3.44. The van der Waals surface area contributed by atoms with E-state index in [1.54, 1.807) is 0 Å². The van der Waals surface area contributed by atoms with Gasteiger partial charge in [0.2, 0.25) is 0 Å². The number of unbranched alkanes of at least 4 members (excludes halogenated alkanes) is 2. The second kappa shape index (κ2) is 6.73. The Morgan fingerprint density at radius 1 is 1.64 bits per heavy atom. The minimum atomic E-state index is -0.223. The summed E-state index contributed by atoms with van der Waals surface area (Å²) in [6.45, 7) is 2.13. The summed E-state index contributed by atoms with van der Waals surface area (Å²) in [5, 5.41) is 8.72. The van der Waals surface area contributed by atoms with Gasteiger partial charge in [0, 0.05) is 0 Å². The smallest absolute Gasteiger partial charge is 0.433 e. The van der Waals surface area contributed by atoms with E-state index in [1.807, 2.05) is 0 Å². The van der Waals surface area contributed by atoms with Gasteiger partial charge in [-0.2, -0.15) is 12.6 Å². The van der Waals surface area contributed by atoms with Crippen LogP contribution < -0.4 is 0 Å². The molecule has 66 valence electrons. The molecule has 1 atom stereocenters. The van der Waals surface area contributed by atoms with E-state index in [9.17, 15) is 0 Å². The molecular formula is C7H14O2S2. The van der Waals surface area contributed by atoms with Gasteiger partial charge in [-0.1, -0.05) is 26.2 Å². The van der Waals surface area contributed by atoms with E-state index in [2.05, 4.69) is 36.3 Å². The van der Waals surface area contributed by atoms with Gasteiger partial charge in [-0.3, -0.25) is 0 Å². The second-order valence-corrected chi connectivity index (χ2v) is 3.22. The van der Waals surface area contributed by atoms with Gasteiger partial charge in [-0.25, -0.2) is 0 Å². The largest absolute Gasteiger partial charge is 0.479 e. The summed E-state index contributed by atoms with van der Waals surface area (Å²) in [7, 11) is 0. The minimum Gasteiger partial charge on any atom is -0.433 e. The zero-order valence-electron chi connectivity index (χ0n) is 6.62. The van der Waals surface area contributed by atoms with Crippen LogP contribution in [0.4, 0.5) is 0 Å². The van der Waals surface area contributed by atoms with Crippen LogP contribution in [0.2, 0.25) is 0 Å². The summed E-state index contributed by atoms with van der Waals surface area (Å²) in [4.78, 5) is 0. The molecule has 1 N–H and O–H groups in total. The lowest BCUT2D eigenvalue weighted by atomic mass is 10.1. The number of hydrogen-bond acceptors (Lipinski definition) is 2. The monoisotopic (exact) mass is 194 g/mol. The topological polar surface area (TPSA) is 31.5 Å². The molecule has 0 spiro atoms. The number of aliphatic hydroxyl groups excluding tert-OH is 1. The third-order valence-electron chi connectivity index (χ3n) is 1.45. The third kappa shape index (κ3) is 5.32. The molecule has 0 aliphatic carbocycles. The molecule has 0 bridgehead atoms. The molecule has 0 aliphatic rings. The Kier molecular flexibility index (Phi) is 6.76. The molecule has 0 aromatic rings. The third-order valence-corrected chi connectivity index (χ3v) is 2.10. The highest BCUT2D eigenvalue weighted by Gasteiger charge is 2.17. The minimum absolute atomic E-state index is 0.153. The highest BCUT2D eigenvalue weighted by Crippen LogP contribution is 2.08. The number of hydrogen-bond donors (Lipinski definition) is 2. The maximum absolute atomic E-state index is 8.94. The summed E-state index contributed by atoms with van der Waals surface area (Å²) in [5.74, 6) is -0.153. The van der Waals surface area contributed by atoms with Crippen molar-refractivity contribution >= 4 is 31.5 Å². The van der Waals surface area contributed by atoms with Crippen LogP contribution in [-0.2, 0) is 16.8 Å². The lowest BCUT2D eigenvalue weighted by Gasteiger charge is -2.01. The van der Waals surface area contributed by atoms with Crippen molar-refractivity contribution < 1.29 is 8.98 Å². The molecule has 0 saturated carbocycles. The molecule has 0 radical (unpaired) electrons. The molecule has 0 fully saturated rings.